The molecule has 2 aromatic carbocycles. The zero-order valence-electron chi connectivity index (χ0n) is 22.8. The summed E-state index contributed by atoms with van der Waals surface area (Å²) in [6.45, 7) is 6.45. The molecule has 0 unspecified atom stereocenters. The van der Waals surface area contributed by atoms with Gasteiger partial charge in [0.25, 0.3) is 0 Å². The summed E-state index contributed by atoms with van der Waals surface area (Å²) >= 11 is 6.87. The number of nitriles is 1. The highest BCUT2D eigenvalue weighted by molar-refractivity contribution is 6.34. The van der Waals surface area contributed by atoms with Gasteiger partial charge in [-0.15, -0.1) is 0 Å². The number of aromatic nitrogens is 3. The molecular weight excluding hydrogens is 513 g/mol. The van der Waals surface area contributed by atoms with Crippen molar-refractivity contribution in [1.29, 1.82) is 5.26 Å². The minimum Gasteiger partial charge on any atom is -0.351 e. The Morgan fingerprint density at radius 1 is 1.23 bits per heavy atom. The van der Waals surface area contributed by atoms with E-state index >= 15 is 4.39 Å². The van der Waals surface area contributed by atoms with Gasteiger partial charge in [-0.3, -0.25) is 0 Å². The summed E-state index contributed by atoms with van der Waals surface area (Å²) in [4.78, 5) is 14.2. The number of pyridine rings is 1. The van der Waals surface area contributed by atoms with E-state index in [1.807, 2.05) is 44.4 Å². The first-order valence-electron chi connectivity index (χ1n) is 13.5. The number of hydrogen-bond donors (Lipinski definition) is 1. The minimum atomic E-state index is -0.403. The maximum atomic E-state index is 16.6. The number of rotatable bonds is 5. The van der Waals surface area contributed by atoms with Gasteiger partial charge in [-0.05, 0) is 70.1 Å². The molecule has 39 heavy (non-hydrogen) atoms. The normalized spacial score (nSPS) is 20.1. The van der Waals surface area contributed by atoms with Gasteiger partial charge >= 0.3 is 0 Å². The first kappa shape index (κ1) is 26.0. The van der Waals surface area contributed by atoms with Crippen molar-refractivity contribution in [3.05, 3.63) is 52.6 Å². The van der Waals surface area contributed by atoms with Gasteiger partial charge in [0.2, 0.25) is 0 Å². The molecule has 9 heteroatoms. The topological polar surface area (TPSA) is 73.0 Å². The van der Waals surface area contributed by atoms with Crippen LogP contribution in [0.1, 0.15) is 36.4 Å². The third-order valence-corrected chi connectivity index (χ3v) is 8.93. The molecule has 0 bridgehead atoms. The molecule has 2 aliphatic rings. The summed E-state index contributed by atoms with van der Waals surface area (Å²) in [5.74, 6) is 0.310. The number of piperidine rings is 1. The molecule has 202 valence electrons. The summed E-state index contributed by atoms with van der Waals surface area (Å²) in [5, 5.41) is 13.8. The van der Waals surface area contributed by atoms with E-state index in [2.05, 4.69) is 39.8 Å². The molecule has 7 nitrogen and oxygen atoms in total. The van der Waals surface area contributed by atoms with Crippen molar-refractivity contribution in [1.82, 2.24) is 24.8 Å². The largest absolute Gasteiger partial charge is 0.351 e. The lowest BCUT2D eigenvalue weighted by Gasteiger charge is -2.43. The molecule has 4 heterocycles. The van der Waals surface area contributed by atoms with Crippen LogP contribution in [0, 0.1) is 31.0 Å². The van der Waals surface area contributed by atoms with Gasteiger partial charge in [0.15, 0.2) is 11.6 Å². The number of nitrogens with one attached hydrogen (secondary N) is 1. The smallest absolute Gasteiger partial charge is 0.158 e. The number of anilines is 1. The maximum Gasteiger partial charge on any atom is 0.158 e. The standard InChI is InChI=1S/C30H33ClFN7/c1-17-6-5-7-22(18(17)2)25-24(31)13-23-27(26(25)32)36-30(38-14-21(15-38)37(3)4)28-29(23)39(16-35-28)20-9-11-34-19(12-20)8-10-33/h5-7,13,16,19-21,34H,8-9,11-12,14-15H2,1-4H3/t19-,20+/m1/s1. The van der Waals surface area contributed by atoms with E-state index < -0.39 is 5.82 Å². The molecule has 2 aromatic heterocycles. The number of hydrogen-bond acceptors (Lipinski definition) is 6. The summed E-state index contributed by atoms with van der Waals surface area (Å²) in [6.07, 6.45) is 4.02. The third kappa shape index (κ3) is 4.33. The molecule has 0 spiro atoms. The highest BCUT2D eigenvalue weighted by Crippen LogP contribution is 2.42. The average molecular weight is 546 g/mol. The SMILES string of the molecule is Cc1cccc(-c2c(Cl)cc3c(nc(N4CC(N(C)C)C4)c4ncn([C@H]5CCN[C@H](CC#N)C5)c43)c2F)c1C. The Bertz CT molecular complexity index is 1620. The van der Waals surface area contributed by atoms with E-state index in [0.717, 1.165) is 60.2 Å². The van der Waals surface area contributed by atoms with Crippen LogP contribution in [0.25, 0.3) is 33.1 Å². The van der Waals surface area contributed by atoms with Crippen LogP contribution in [-0.4, -0.2) is 65.2 Å². The second-order valence-corrected chi connectivity index (χ2v) is 11.6. The second kappa shape index (κ2) is 10.1. The number of fused-ring (bicyclic) bond motifs is 3. The summed E-state index contributed by atoms with van der Waals surface area (Å²) in [5.41, 5.74) is 5.20. The van der Waals surface area contributed by atoms with Crippen molar-refractivity contribution in [2.45, 2.75) is 51.2 Å². The molecule has 6 rings (SSSR count). The number of halogens is 2. The fraction of sp³-hybridized carbons (Fsp3) is 0.433. The molecular formula is C30H33ClFN7. The van der Waals surface area contributed by atoms with Crippen LogP contribution in [-0.2, 0) is 0 Å². The van der Waals surface area contributed by atoms with E-state index in [-0.39, 0.29) is 12.1 Å². The lowest BCUT2D eigenvalue weighted by atomic mass is 9.94. The van der Waals surface area contributed by atoms with Gasteiger partial charge < -0.3 is 19.7 Å². The van der Waals surface area contributed by atoms with Gasteiger partial charge in [0, 0.05) is 42.2 Å². The number of likely N-dealkylation sites (N-methyl/N-ethyl adjacent to an activating group) is 1. The lowest BCUT2D eigenvalue weighted by Crippen LogP contribution is -2.57. The molecule has 0 aliphatic carbocycles. The number of benzene rings is 2. The Balaban J connectivity index is 1.58. The Morgan fingerprint density at radius 2 is 2.03 bits per heavy atom. The molecule has 0 amide bonds. The monoisotopic (exact) mass is 545 g/mol. The van der Waals surface area contributed by atoms with Crippen molar-refractivity contribution < 1.29 is 4.39 Å². The Kier molecular flexibility index (Phi) is 6.70. The van der Waals surface area contributed by atoms with E-state index in [0.29, 0.717) is 39.8 Å². The highest BCUT2D eigenvalue weighted by Gasteiger charge is 2.34. The molecule has 2 saturated heterocycles. The summed E-state index contributed by atoms with van der Waals surface area (Å²) in [6, 6.07) is 10.7. The number of aryl methyl sites for hydroxylation is 1. The lowest BCUT2D eigenvalue weighted by molar-refractivity contribution is 0.246. The Hall–Kier alpha value is -3.25. The third-order valence-electron chi connectivity index (χ3n) is 8.64. The van der Waals surface area contributed by atoms with Gasteiger partial charge in [-0.1, -0.05) is 29.8 Å². The van der Waals surface area contributed by atoms with Crippen LogP contribution >= 0.6 is 11.6 Å². The predicted octanol–water partition coefficient (Wildman–Crippen LogP) is 5.62. The van der Waals surface area contributed by atoms with Crippen LogP contribution in [0.5, 0.6) is 0 Å². The van der Waals surface area contributed by atoms with Crippen LogP contribution in [0.4, 0.5) is 10.2 Å². The van der Waals surface area contributed by atoms with Crippen molar-refractivity contribution >= 4 is 39.4 Å². The quantitative estimate of drug-likeness (QED) is 0.351. The van der Waals surface area contributed by atoms with Crippen LogP contribution in [0.2, 0.25) is 5.02 Å². The molecule has 0 radical (unpaired) electrons. The van der Waals surface area contributed by atoms with E-state index in [1.165, 1.54) is 0 Å². The van der Waals surface area contributed by atoms with Crippen LogP contribution < -0.4 is 10.2 Å². The summed E-state index contributed by atoms with van der Waals surface area (Å²) < 4.78 is 18.8. The average Bonchev–Trinajstić information content (AvgIpc) is 3.32. The van der Waals surface area contributed by atoms with Gasteiger partial charge in [0.05, 0.1) is 29.4 Å². The van der Waals surface area contributed by atoms with E-state index in [1.54, 1.807) is 0 Å². The fourth-order valence-electron chi connectivity index (χ4n) is 6.07. The maximum absolute atomic E-state index is 16.6. The minimum absolute atomic E-state index is 0.117. The van der Waals surface area contributed by atoms with Gasteiger partial charge in [0.1, 0.15) is 11.0 Å². The van der Waals surface area contributed by atoms with Crippen molar-refractivity contribution in [2.24, 2.45) is 0 Å². The molecule has 0 saturated carbocycles. The zero-order chi connectivity index (χ0) is 27.4. The van der Waals surface area contributed by atoms with Crippen LogP contribution in [0.15, 0.2) is 30.6 Å². The Morgan fingerprint density at radius 3 is 2.77 bits per heavy atom. The Labute approximate surface area is 233 Å². The molecule has 4 aromatic rings. The first-order valence-corrected chi connectivity index (χ1v) is 13.9. The molecule has 1 N–H and O–H groups in total. The van der Waals surface area contributed by atoms with Gasteiger partial charge in [-0.25, -0.2) is 14.4 Å². The fourth-order valence-corrected chi connectivity index (χ4v) is 6.37. The predicted molar refractivity (Wildman–Crippen MR) is 155 cm³/mol. The first-order chi connectivity index (χ1) is 18.8. The van der Waals surface area contributed by atoms with Crippen molar-refractivity contribution in [3.63, 3.8) is 0 Å². The van der Waals surface area contributed by atoms with E-state index in [9.17, 15) is 5.26 Å². The highest BCUT2D eigenvalue weighted by atomic mass is 35.5. The molecule has 2 fully saturated rings. The zero-order valence-corrected chi connectivity index (χ0v) is 23.6. The van der Waals surface area contributed by atoms with Gasteiger partial charge in [-0.2, -0.15) is 5.26 Å². The summed E-state index contributed by atoms with van der Waals surface area (Å²) in [7, 11) is 4.15. The number of imidazole rings is 1. The molecule has 2 atom stereocenters. The van der Waals surface area contributed by atoms with Crippen molar-refractivity contribution in [3.8, 4) is 17.2 Å². The van der Waals surface area contributed by atoms with E-state index in [4.69, 9.17) is 21.6 Å². The molecule has 2 aliphatic heterocycles. The number of nitrogens with zero attached hydrogens (tertiary/aromatic N) is 6. The second-order valence-electron chi connectivity index (χ2n) is 11.2. The van der Waals surface area contributed by atoms with Crippen LogP contribution in [0.3, 0.4) is 0 Å². The van der Waals surface area contributed by atoms with Crippen molar-refractivity contribution in [2.75, 3.05) is 38.6 Å².